The number of hydrogen-bond acceptors (Lipinski definition) is 3. The second-order valence-corrected chi connectivity index (χ2v) is 8.55. The maximum absolute atomic E-state index is 10.9. The molecular weight excluding hydrogens is 356 g/mol. The predicted octanol–water partition coefficient (Wildman–Crippen LogP) is 5.58. The van der Waals surface area contributed by atoms with E-state index in [0.29, 0.717) is 17.6 Å². The van der Waals surface area contributed by atoms with Gasteiger partial charge in [-0.3, -0.25) is 0 Å². The molecule has 3 nitrogen and oxygen atoms in total. The van der Waals surface area contributed by atoms with Crippen LogP contribution in [0.1, 0.15) is 79.1 Å². The van der Waals surface area contributed by atoms with E-state index in [-0.39, 0.29) is 0 Å². The van der Waals surface area contributed by atoms with Crippen molar-refractivity contribution in [2.24, 2.45) is 11.8 Å². The normalized spacial score (nSPS) is 15.4. The SMILES string of the molecule is CCCCC(CC)CN(C=c1ccc2c(c1O)NC=CC=2)CC(CC)CCCC. The Morgan fingerprint density at radius 3 is 2.14 bits per heavy atom. The lowest BCUT2D eigenvalue weighted by Gasteiger charge is -2.30. The highest BCUT2D eigenvalue weighted by Crippen LogP contribution is 2.20. The van der Waals surface area contributed by atoms with Gasteiger partial charge in [-0.1, -0.05) is 78.4 Å². The van der Waals surface area contributed by atoms with E-state index in [0.717, 1.165) is 29.2 Å². The zero-order chi connectivity index (χ0) is 21.1. The number of unbranched alkanes of at least 4 members (excludes halogenated alkanes) is 2. The van der Waals surface area contributed by atoms with Crippen LogP contribution in [-0.2, 0) is 0 Å². The molecule has 1 aliphatic heterocycles. The zero-order valence-corrected chi connectivity index (χ0v) is 19.1. The number of rotatable bonds is 13. The molecule has 3 heteroatoms. The van der Waals surface area contributed by atoms with Crippen molar-refractivity contribution >= 4 is 18.0 Å². The molecule has 2 rings (SSSR count). The average molecular weight is 399 g/mol. The van der Waals surface area contributed by atoms with E-state index in [1.54, 1.807) is 0 Å². The minimum atomic E-state index is 0.358. The molecule has 0 fully saturated rings. The fourth-order valence-electron chi connectivity index (χ4n) is 4.18. The zero-order valence-electron chi connectivity index (χ0n) is 19.1. The number of allylic oxidation sites excluding steroid dienone is 1. The van der Waals surface area contributed by atoms with Gasteiger partial charge in [0, 0.05) is 35.9 Å². The number of aromatic hydroxyl groups is 1. The van der Waals surface area contributed by atoms with Crippen molar-refractivity contribution in [1.29, 1.82) is 0 Å². The smallest absolute Gasteiger partial charge is 0.148 e. The van der Waals surface area contributed by atoms with Crippen LogP contribution < -0.4 is 15.8 Å². The minimum absolute atomic E-state index is 0.358. The molecule has 0 saturated carbocycles. The molecule has 2 N–H and O–H groups in total. The lowest BCUT2D eigenvalue weighted by Crippen LogP contribution is -2.31. The number of phenols is 1. The summed E-state index contributed by atoms with van der Waals surface area (Å²) in [5, 5.41) is 16.0. The van der Waals surface area contributed by atoms with E-state index in [1.807, 2.05) is 18.4 Å². The molecule has 1 aromatic rings. The molecule has 1 heterocycles. The van der Waals surface area contributed by atoms with Gasteiger partial charge in [0.15, 0.2) is 0 Å². The Kier molecular flexibility index (Phi) is 10.2. The molecule has 0 amide bonds. The first-order valence-corrected chi connectivity index (χ1v) is 11.8. The van der Waals surface area contributed by atoms with E-state index in [9.17, 15) is 5.11 Å². The Balaban J connectivity index is 2.29. The molecule has 0 saturated heterocycles. The van der Waals surface area contributed by atoms with E-state index in [1.165, 1.54) is 51.4 Å². The van der Waals surface area contributed by atoms with Crippen LogP contribution in [0.3, 0.4) is 0 Å². The summed E-state index contributed by atoms with van der Waals surface area (Å²) in [7, 11) is 0. The highest BCUT2D eigenvalue weighted by molar-refractivity contribution is 5.66. The van der Waals surface area contributed by atoms with Crippen LogP contribution in [0.15, 0.2) is 24.4 Å². The van der Waals surface area contributed by atoms with Crippen LogP contribution in [0.5, 0.6) is 5.75 Å². The van der Waals surface area contributed by atoms with Gasteiger partial charge in [-0.05, 0) is 36.8 Å². The fourth-order valence-corrected chi connectivity index (χ4v) is 4.18. The molecule has 2 unspecified atom stereocenters. The van der Waals surface area contributed by atoms with Gasteiger partial charge in [0.2, 0.25) is 0 Å². The maximum Gasteiger partial charge on any atom is 0.148 e. The van der Waals surface area contributed by atoms with Crippen LogP contribution in [0.4, 0.5) is 5.69 Å². The number of anilines is 1. The van der Waals surface area contributed by atoms with Gasteiger partial charge in [0.05, 0.1) is 5.69 Å². The van der Waals surface area contributed by atoms with Gasteiger partial charge < -0.3 is 15.3 Å². The second kappa shape index (κ2) is 12.6. The van der Waals surface area contributed by atoms with Crippen molar-refractivity contribution in [3.63, 3.8) is 0 Å². The van der Waals surface area contributed by atoms with Crippen molar-refractivity contribution in [3.05, 3.63) is 34.8 Å². The quantitative estimate of drug-likeness (QED) is 0.426. The van der Waals surface area contributed by atoms with E-state index < -0.39 is 0 Å². The highest BCUT2D eigenvalue weighted by atomic mass is 16.3. The summed E-state index contributed by atoms with van der Waals surface area (Å²) in [6, 6.07) is 4.15. The van der Waals surface area contributed by atoms with E-state index >= 15 is 0 Å². The van der Waals surface area contributed by atoms with Crippen LogP contribution in [-0.4, -0.2) is 23.1 Å². The summed E-state index contributed by atoms with van der Waals surface area (Å²) in [5.74, 6) is 1.78. The number of fused-ring (bicyclic) bond motifs is 1. The standard InChI is InChI=1S/C26H42N2O/c1-5-9-12-21(7-3)18-28(19-22(8-4)13-10-6-2)20-24-16-15-23-14-11-17-27-25(23)26(24)29/h11,14-17,20-22,27,29H,5-10,12-13,18-19H2,1-4H3. The number of hydrogen-bond donors (Lipinski definition) is 2. The molecule has 29 heavy (non-hydrogen) atoms. The van der Waals surface area contributed by atoms with Gasteiger partial charge in [0.1, 0.15) is 5.75 Å². The van der Waals surface area contributed by atoms with Crippen molar-refractivity contribution in [3.8, 4) is 5.75 Å². The number of phenolic OH excluding ortho intramolecular Hbond substituents is 1. The first kappa shape index (κ1) is 23.4. The molecule has 0 aliphatic carbocycles. The molecule has 0 spiro atoms. The molecule has 0 radical (unpaired) electrons. The van der Waals surface area contributed by atoms with Gasteiger partial charge >= 0.3 is 0 Å². The number of nitrogens with one attached hydrogen (secondary N) is 1. The second-order valence-electron chi connectivity index (χ2n) is 8.55. The maximum atomic E-state index is 10.9. The summed E-state index contributed by atoms with van der Waals surface area (Å²) < 4.78 is 0. The Morgan fingerprint density at radius 2 is 1.59 bits per heavy atom. The lowest BCUT2D eigenvalue weighted by molar-refractivity contribution is 0.258. The molecule has 0 aromatic heterocycles. The third-order valence-electron chi connectivity index (χ3n) is 6.23. The first-order valence-electron chi connectivity index (χ1n) is 11.8. The topological polar surface area (TPSA) is 35.5 Å². The lowest BCUT2D eigenvalue weighted by atomic mass is 9.96. The minimum Gasteiger partial charge on any atom is -0.505 e. The summed E-state index contributed by atoms with van der Waals surface area (Å²) in [5.41, 5.74) is 0.817. The van der Waals surface area contributed by atoms with Crippen molar-refractivity contribution in [2.45, 2.75) is 79.1 Å². The van der Waals surface area contributed by atoms with Crippen LogP contribution in [0, 0.1) is 11.8 Å². The Hall–Kier alpha value is -1.90. The van der Waals surface area contributed by atoms with Crippen LogP contribution >= 0.6 is 0 Å². The summed E-state index contributed by atoms with van der Waals surface area (Å²) in [6.45, 7) is 11.3. The monoisotopic (exact) mass is 398 g/mol. The Labute approximate surface area is 178 Å². The first-order chi connectivity index (χ1) is 14.1. The Morgan fingerprint density at radius 1 is 0.966 bits per heavy atom. The van der Waals surface area contributed by atoms with Crippen molar-refractivity contribution in [2.75, 3.05) is 18.4 Å². The molecule has 2 atom stereocenters. The van der Waals surface area contributed by atoms with Gasteiger partial charge in [-0.15, -0.1) is 0 Å². The Bertz CT molecular complexity index is 735. The van der Waals surface area contributed by atoms with Gasteiger partial charge in [-0.25, -0.2) is 0 Å². The molecule has 1 aromatic carbocycles. The third-order valence-corrected chi connectivity index (χ3v) is 6.23. The van der Waals surface area contributed by atoms with E-state index in [2.05, 4.69) is 56.2 Å². The fraction of sp³-hybridized carbons (Fsp3) is 0.615. The van der Waals surface area contributed by atoms with Crippen LogP contribution in [0.2, 0.25) is 0 Å². The molecule has 0 bridgehead atoms. The number of nitrogens with zero attached hydrogens (tertiary/aromatic N) is 1. The summed E-state index contributed by atoms with van der Waals surface area (Å²) in [6.07, 6.45) is 18.2. The molecular formula is C26H42N2O. The van der Waals surface area contributed by atoms with Crippen LogP contribution in [0.25, 0.3) is 12.3 Å². The molecule has 1 aliphatic rings. The predicted molar refractivity (Wildman–Crippen MR) is 127 cm³/mol. The average Bonchev–Trinajstić information content (AvgIpc) is 2.75. The third kappa shape index (κ3) is 7.13. The van der Waals surface area contributed by atoms with Gasteiger partial charge in [0.25, 0.3) is 0 Å². The van der Waals surface area contributed by atoms with Gasteiger partial charge in [-0.2, -0.15) is 0 Å². The number of benzene rings is 1. The highest BCUT2D eigenvalue weighted by Gasteiger charge is 2.15. The summed E-state index contributed by atoms with van der Waals surface area (Å²) >= 11 is 0. The van der Waals surface area contributed by atoms with Crippen molar-refractivity contribution in [1.82, 2.24) is 4.90 Å². The largest absolute Gasteiger partial charge is 0.505 e. The summed E-state index contributed by atoms with van der Waals surface area (Å²) in [4.78, 5) is 2.50. The molecule has 162 valence electrons. The van der Waals surface area contributed by atoms with Crippen molar-refractivity contribution < 1.29 is 5.11 Å². The van der Waals surface area contributed by atoms with E-state index in [4.69, 9.17) is 0 Å².